The van der Waals surface area contributed by atoms with Crippen LogP contribution in [0.2, 0.25) is 0 Å². The van der Waals surface area contributed by atoms with E-state index in [-0.39, 0.29) is 6.42 Å². The van der Waals surface area contributed by atoms with Crippen molar-refractivity contribution in [1.82, 2.24) is 5.32 Å². The first-order valence-electron chi connectivity index (χ1n) is 11.8. The lowest BCUT2D eigenvalue weighted by molar-refractivity contribution is -0.174. The van der Waals surface area contributed by atoms with Gasteiger partial charge in [0.1, 0.15) is 17.8 Å². The highest BCUT2D eigenvalue weighted by Crippen LogP contribution is 2.43. The number of ether oxygens (including phenoxy) is 3. The van der Waals surface area contributed by atoms with Crippen molar-refractivity contribution < 1.29 is 28.6 Å². The van der Waals surface area contributed by atoms with Crippen LogP contribution < -0.4 is 5.32 Å². The van der Waals surface area contributed by atoms with Gasteiger partial charge in [-0.1, -0.05) is 30.3 Å². The minimum atomic E-state index is -0.747. The molecule has 2 saturated heterocycles. The minimum Gasteiger partial charge on any atom is -0.458 e. The highest BCUT2D eigenvalue weighted by Gasteiger charge is 2.54. The maximum atomic E-state index is 13.6. The summed E-state index contributed by atoms with van der Waals surface area (Å²) in [5.41, 5.74) is 0.673. The summed E-state index contributed by atoms with van der Waals surface area (Å²) in [6.07, 6.45) is 0.593. The second-order valence-electron chi connectivity index (χ2n) is 9.38. The molecule has 4 atom stereocenters. The molecule has 1 aliphatic carbocycles. The second kappa shape index (κ2) is 11.0. The largest absolute Gasteiger partial charge is 0.458 e. The summed E-state index contributed by atoms with van der Waals surface area (Å²) in [5, 5.41) is 3.33. The van der Waals surface area contributed by atoms with Crippen molar-refractivity contribution in [3.63, 3.8) is 0 Å². The molecule has 3 aliphatic rings. The van der Waals surface area contributed by atoms with Gasteiger partial charge in [-0.05, 0) is 98.6 Å². The number of hydrogen-bond donors (Lipinski definition) is 1. The van der Waals surface area contributed by atoms with Crippen molar-refractivity contribution in [2.75, 3.05) is 13.1 Å². The molecule has 2 heterocycles. The van der Waals surface area contributed by atoms with E-state index in [1.54, 1.807) is 6.07 Å². The highest BCUT2D eigenvalue weighted by atomic mass is 127. The van der Waals surface area contributed by atoms with Gasteiger partial charge in [0.2, 0.25) is 0 Å². The number of carbonyl (C=O) groups is 3. The van der Waals surface area contributed by atoms with Crippen LogP contribution in [0.3, 0.4) is 0 Å². The molecule has 2 aromatic carbocycles. The standard InChI is InChI=1S/C26H24I3NO6/c27-15-10-18(22(29)19(28)11-15)24(32)35-21-13-17(16-12-20(21)34-23(16)31)25(33)36-26(6-8-30-9-7-26)14-4-2-1-3-5-14/h1-5,10-11,16-17,20-21,30H,6-9,12-13H2. The molecule has 4 unspecified atom stereocenters. The fourth-order valence-corrected chi connectivity index (χ4v) is 7.71. The van der Waals surface area contributed by atoms with E-state index in [0.717, 1.165) is 29.4 Å². The summed E-state index contributed by atoms with van der Waals surface area (Å²) in [4.78, 5) is 39.4. The van der Waals surface area contributed by atoms with E-state index in [0.29, 0.717) is 24.8 Å². The first-order valence-corrected chi connectivity index (χ1v) is 15.1. The molecule has 3 fully saturated rings. The number of fused-ring (bicyclic) bond motifs is 2. The molecule has 2 aromatic rings. The van der Waals surface area contributed by atoms with Gasteiger partial charge < -0.3 is 19.5 Å². The molecule has 0 spiro atoms. The Balaban J connectivity index is 1.37. The number of halogens is 3. The predicted octanol–water partition coefficient (Wildman–Crippen LogP) is 4.80. The minimum absolute atomic E-state index is 0.201. The Hall–Kier alpha value is -1.000. The van der Waals surface area contributed by atoms with Gasteiger partial charge in [0.15, 0.2) is 0 Å². The van der Waals surface area contributed by atoms with Crippen molar-refractivity contribution in [3.8, 4) is 0 Å². The van der Waals surface area contributed by atoms with Crippen LogP contribution in [-0.4, -0.2) is 43.2 Å². The first-order chi connectivity index (χ1) is 17.3. The van der Waals surface area contributed by atoms with Crippen LogP contribution in [-0.2, 0) is 29.4 Å². The summed E-state index contributed by atoms with van der Waals surface area (Å²) in [6, 6.07) is 13.5. The SMILES string of the molecule is O=C(OC1CC(C(=O)OC2(c3ccccc3)CCNCC2)C2CC1OC2=O)c1cc(I)cc(I)c1I. The highest BCUT2D eigenvalue weighted by molar-refractivity contribution is 14.1. The number of benzene rings is 2. The number of hydrogen-bond acceptors (Lipinski definition) is 7. The van der Waals surface area contributed by atoms with Gasteiger partial charge in [0, 0.05) is 36.4 Å². The number of esters is 3. The van der Waals surface area contributed by atoms with Gasteiger partial charge in [-0.25, -0.2) is 4.79 Å². The lowest BCUT2D eigenvalue weighted by Gasteiger charge is -2.39. The van der Waals surface area contributed by atoms with E-state index >= 15 is 0 Å². The van der Waals surface area contributed by atoms with Gasteiger partial charge in [0.05, 0.1) is 17.4 Å². The van der Waals surface area contributed by atoms with Crippen molar-refractivity contribution in [3.05, 3.63) is 64.3 Å². The molecule has 2 aliphatic heterocycles. The van der Waals surface area contributed by atoms with E-state index in [4.69, 9.17) is 14.2 Å². The molecule has 5 rings (SSSR count). The molecule has 1 N–H and O–H groups in total. The lowest BCUT2D eigenvalue weighted by Crippen LogP contribution is -2.47. The fraction of sp³-hybridized carbons (Fsp3) is 0.423. The Labute approximate surface area is 250 Å². The van der Waals surface area contributed by atoms with Crippen LogP contribution in [0, 0.1) is 22.5 Å². The van der Waals surface area contributed by atoms with Gasteiger partial charge in [-0.15, -0.1) is 0 Å². The lowest BCUT2D eigenvalue weighted by atomic mass is 9.78. The summed E-state index contributed by atoms with van der Waals surface area (Å²) in [6.45, 7) is 1.46. The van der Waals surface area contributed by atoms with Crippen molar-refractivity contribution in [2.45, 2.75) is 43.5 Å². The molecule has 0 aromatic heterocycles. The maximum absolute atomic E-state index is 13.6. The summed E-state index contributed by atoms with van der Waals surface area (Å²) < 4.78 is 20.4. The summed E-state index contributed by atoms with van der Waals surface area (Å²) >= 11 is 6.49. The number of nitrogens with one attached hydrogen (secondary N) is 1. The Morgan fingerprint density at radius 2 is 1.75 bits per heavy atom. The van der Waals surface area contributed by atoms with Gasteiger partial charge in [-0.2, -0.15) is 0 Å². The van der Waals surface area contributed by atoms with Crippen LogP contribution in [0.5, 0.6) is 0 Å². The van der Waals surface area contributed by atoms with E-state index in [9.17, 15) is 14.4 Å². The molecular weight excluding hydrogens is 803 g/mol. The molecule has 2 bridgehead atoms. The average molecular weight is 827 g/mol. The van der Waals surface area contributed by atoms with Crippen molar-refractivity contribution in [1.29, 1.82) is 0 Å². The van der Waals surface area contributed by atoms with E-state index in [1.807, 2.05) is 36.4 Å². The topological polar surface area (TPSA) is 90.9 Å². The Bertz CT molecular complexity index is 1180. The van der Waals surface area contributed by atoms with Crippen LogP contribution in [0.4, 0.5) is 0 Å². The Morgan fingerprint density at radius 3 is 2.47 bits per heavy atom. The Kier molecular flexibility index (Phi) is 8.13. The molecule has 0 radical (unpaired) electrons. The third-order valence-electron chi connectivity index (χ3n) is 7.22. The van der Waals surface area contributed by atoms with E-state index in [2.05, 4.69) is 73.1 Å². The van der Waals surface area contributed by atoms with Gasteiger partial charge in [-0.3, -0.25) is 9.59 Å². The smallest absolute Gasteiger partial charge is 0.339 e. The van der Waals surface area contributed by atoms with Crippen LogP contribution >= 0.6 is 67.8 Å². The molecule has 190 valence electrons. The molecular formula is C26H24I3NO6. The third-order valence-corrected chi connectivity index (χ3v) is 10.9. The van der Waals surface area contributed by atoms with Crippen molar-refractivity contribution in [2.24, 2.45) is 11.8 Å². The molecule has 10 heteroatoms. The monoisotopic (exact) mass is 827 g/mol. The fourth-order valence-electron chi connectivity index (χ4n) is 5.33. The van der Waals surface area contributed by atoms with Gasteiger partial charge in [0.25, 0.3) is 0 Å². The Morgan fingerprint density at radius 1 is 1.03 bits per heavy atom. The van der Waals surface area contributed by atoms with Crippen molar-refractivity contribution >= 4 is 85.7 Å². The number of rotatable bonds is 5. The maximum Gasteiger partial charge on any atom is 0.339 e. The molecule has 0 amide bonds. The normalized spacial score (nSPS) is 26.7. The van der Waals surface area contributed by atoms with E-state index < -0.39 is 47.6 Å². The summed E-state index contributed by atoms with van der Waals surface area (Å²) in [5.74, 6) is -2.63. The van der Waals surface area contributed by atoms with Crippen LogP contribution in [0.1, 0.15) is 41.6 Å². The zero-order chi connectivity index (χ0) is 25.4. The first kappa shape index (κ1) is 26.6. The van der Waals surface area contributed by atoms with Crippen LogP contribution in [0.15, 0.2) is 42.5 Å². The second-order valence-corrected chi connectivity index (χ2v) is 12.9. The number of carbonyl (C=O) groups excluding carboxylic acids is 3. The molecule has 1 saturated carbocycles. The van der Waals surface area contributed by atoms with Crippen LogP contribution in [0.25, 0.3) is 0 Å². The predicted molar refractivity (Wildman–Crippen MR) is 156 cm³/mol. The van der Waals surface area contributed by atoms with Gasteiger partial charge >= 0.3 is 17.9 Å². The average Bonchev–Trinajstić information content (AvgIpc) is 3.20. The van der Waals surface area contributed by atoms with E-state index in [1.165, 1.54) is 0 Å². The zero-order valence-electron chi connectivity index (χ0n) is 19.2. The summed E-state index contributed by atoms with van der Waals surface area (Å²) in [7, 11) is 0. The quantitative estimate of drug-likeness (QED) is 0.201. The molecule has 36 heavy (non-hydrogen) atoms. The third kappa shape index (κ3) is 5.28. The number of piperidine rings is 1. The molecule has 7 nitrogen and oxygen atoms in total. The zero-order valence-corrected chi connectivity index (χ0v) is 25.6.